The third-order valence-electron chi connectivity index (χ3n) is 3.31. The first-order chi connectivity index (χ1) is 8.20. The lowest BCUT2D eigenvalue weighted by Gasteiger charge is -2.17. The maximum Gasteiger partial charge on any atom is 0.133 e. The van der Waals surface area contributed by atoms with E-state index in [1.807, 2.05) is 18.2 Å². The third kappa shape index (κ3) is 2.86. The highest BCUT2D eigenvalue weighted by molar-refractivity contribution is 5.78. The number of ether oxygens (including phenoxy) is 1. The molecular weight excluding hydrogens is 216 g/mol. The molecule has 0 saturated carbocycles. The lowest BCUT2D eigenvalue weighted by atomic mass is 9.93. The van der Waals surface area contributed by atoms with Crippen LogP contribution in [0.4, 0.5) is 0 Å². The molecule has 3 heteroatoms. The monoisotopic (exact) mass is 234 g/mol. The lowest BCUT2D eigenvalue weighted by molar-refractivity contribution is -0.122. The van der Waals surface area contributed by atoms with Gasteiger partial charge in [0, 0.05) is 18.9 Å². The molecule has 0 fully saturated rings. The van der Waals surface area contributed by atoms with Gasteiger partial charge in [-0.25, -0.2) is 0 Å². The quantitative estimate of drug-likeness (QED) is 0.847. The van der Waals surface area contributed by atoms with Gasteiger partial charge in [-0.2, -0.15) is 0 Å². The molecule has 0 amide bonds. The van der Waals surface area contributed by atoms with Gasteiger partial charge in [0.2, 0.25) is 0 Å². The molecule has 1 N–H and O–H groups in total. The van der Waals surface area contributed by atoms with Crippen molar-refractivity contribution in [2.24, 2.45) is 5.92 Å². The predicted molar refractivity (Wildman–Crippen MR) is 65.1 cm³/mol. The Kier molecular flexibility index (Phi) is 3.79. The highest BCUT2D eigenvalue weighted by atomic mass is 16.5. The average molecular weight is 234 g/mol. The predicted octanol–water partition coefficient (Wildman–Crippen LogP) is 1.97. The van der Waals surface area contributed by atoms with Gasteiger partial charge in [-0.3, -0.25) is 4.79 Å². The van der Waals surface area contributed by atoms with Crippen LogP contribution in [0.1, 0.15) is 25.3 Å². The Balaban J connectivity index is 1.96. The minimum Gasteiger partial charge on any atom is -0.490 e. The van der Waals surface area contributed by atoms with Crippen LogP contribution in [0.3, 0.4) is 0 Å². The fourth-order valence-corrected chi connectivity index (χ4v) is 2.35. The summed E-state index contributed by atoms with van der Waals surface area (Å²) in [5.41, 5.74) is 1.21. The zero-order chi connectivity index (χ0) is 12.3. The van der Waals surface area contributed by atoms with Gasteiger partial charge in [-0.15, -0.1) is 0 Å². The Hall–Kier alpha value is -1.35. The molecule has 0 radical (unpaired) electrons. The van der Waals surface area contributed by atoms with E-state index in [1.54, 1.807) is 6.92 Å². The summed E-state index contributed by atoms with van der Waals surface area (Å²) in [5.74, 6) is 0.988. The van der Waals surface area contributed by atoms with Crippen LogP contribution >= 0.6 is 0 Å². The molecule has 2 rings (SSSR count). The van der Waals surface area contributed by atoms with Crippen LogP contribution in [0.15, 0.2) is 24.3 Å². The Morgan fingerprint density at radius 1 is 1.53 bits per heavy atom. The van der Waals surface area contributed by atoms with Crippen molar-refractivity contribution in [1.82, 2.24) is 0 Å². The van der Waals surface area contributed by atoms with Gasteiger partial charge in [0.1, 0.15) is 17.6 Å². The molecule has 1 aliphatic heterocycles. The minimum atomic E-state index is -0.0840. The number of carbonyl (C=O) groups is 1. The van der Waals surface area contributed by atoms with Gasteiger partial charge >= 0.3 is 0 Å². The average Bonchev–Trinajstić information content (AvgIpc) is 2.70. The highest BCUT2D eigenvalue weighted by Gasteiger charge is 2.26. The van der Waals surface area contributed by atoms with Crippen molar-refractivity contribution in [3.63, 3.8) is 0 Å². The first-order valence-corrected chi connectivity index (χ1v) is 6.06. The van der Waals surface area contributed by atoms with Crippen molar-refractivity contribution in [3.8, 4) is 5.75 Å². The van der Waals surface area contributed by atoms with E-state index in [0.717, 1.165) is 12.2 Å². The van der Waals surface area contributed by atoms with Gasteiger partial charge in [0.05, 0.1) is 0 Å². The first-order valence-electron chi connectivity index (χ1n) is 6.06. The SMILES string of the molecule is CC(=O)C(CCO)CC1Cc2ccccc2O1. The summed E-state index contributed by atoms with van der Waals surface area (Å²) in [6.07, 6.45) is 2.18. The fourth-order valence-electron chi connectivity index (χ4n) is 2.35. The molecule has 3 nitrogen and oxygen atoms in total. The smallest absolute Gasteiger partial charge is 0.133 e. The molecule has 2 atom stereocenters. The van der Waals surface area contributed by atoms with Crippen LogP contribution in [0.5, 0.6) is 5.75 Å². The van der Waals surface area contributed by atoms with E-state index < -0.39 is 0 Å². The molecule has 1 aromatic carbocycles. The van der Waals surface area contributed by atoms with E-state index in [-0.39, 0.29) is 24.4 Å². The Labute approximate surface area is 101 Å². The molecule has 2 unspecified atom stereocenters. The van der Waals surface area contributed by atoms with Crippen molar-refractivity contribution in [3.05, 3.63) is 29.8 Å². The molecule has 1 heterocycles. The fraction of sp³-hybridized carbons (Fsp3) is 0.500. The van der Waals surface area contributed by atoms with Crippen molar-refractivity contribution in [2.45, 2.75) is 32.3 Å². The summed E-state index contributed by atoms with van der Waals surface area (Å²) in [5, 5.41) is 8.94. The minimum absolute atomic E-state index is 0.0594. The number of aliphatic hydroxyl groups excluding tert-OH is 1. The molecule has 1 aliphatic rings. The lowest BCUT2D eigenvalue weighted by Crippen LogP contribution is -2.23. The van der Waals surface area contributed by atoms with E-state index in [0.29, 0.717) is 12.8 Å². The third-order valence-corrected chi connectivity index (χ3v) is 3.31. The summed E-state index contributed by atoms with van der Waals surface area (Å²) in [4.78, 5) is 11.4. The van der Waals surface area contributed by atoms with Crippen molar-refractivity contribution < 1.29 is 14.6 Å². The molecule has 17 heavy (non-hydrogen) atoms. The second kappa shape index (κ2) is 5.32. The number of ketones is 1. The van der Waals surface area contributed by atoms with E-state index in [2.05, 4.69) is 6.07 Å². The largest absolute Gasteiger partial charge is 0.490 e. The highest BCUT2D eigenvalue weighted by Crippen LogP contribution is 2.31. The van der Waals surface area contributed by atoms with Crippen LogP contribution in [-0.4, -0.2) is 23.6 Å². The van der Waals surface area contributed by atoms with Crippen LogP contribution < -0.4 is 4.74 Å². The van der Waals surface area contributed by atoms with E-state index in [4.69, 9.17) is 9.84 Å². The summed E-state index contributed by atoms with van der Waals surface area (Å²) in [6.45, 7) is 1.65. The van der Waals surface area contributed by atoms with Crippen LogP contribution in [0, 0.1) is 5.92 Å². The number of hydrogen-bond donors (Lipinski definition) is 1. The number of rotatable bonds is 5. The molecule has 0 saturated heterocycles. The standard InChI is InChI=1S/C14H18O3/c1-10(16)11(6-7-15)8-13-9-12-4-2-3-5-14(12)17-13/h2-5,11,13,15H,6-9H2,1H3. The Morgan fingerprint density at radius 2 is 2.29 bits per heavy atom. The molecule has 0 aliphatic carbocycles. The summed E-state index contributed by atoms with van der Waals surface area (Å²) < 4.78 is 5.80. The maximum atomic E-state index is 11.4. The van der Waals surface area contributed by atoms with E-state index >= 15 is 0 Å². The zero-order valence-corrected chi connectivity index (χ0v) is 10.1. The van der Waals surface area contributed by atoms with E-state index in [9.17, 15) is 4.79 Å². The molecule has 0 aromatic heterocycles. The number of benzene rings is 1. The van der Waals surface area contributed by atoms with Gasteiger partial charge in [0.15, 0.2) is 0 Å². The van der Waals surface area contributed by atoms with Gasteiger partial charge in [-0.1, -0.05) is 18.2 Å². The summed E-state index contributed by atoms with van der Waals surface area (Å²) in [7, 11) is 0. The molecular formula is C14H18O3. The van der Waals surface area contributed by atoms with E-state index in [1.165, 1.54) is 5.56 Å². The number of carbonyl (C=O) groups excluding carboxylic acids is 1. The van der Waals surface area contributed by atoms with Crippen LogP contribution in [0.25, 0.3) is 0 Å². The topological polar surface area (TPSA) is 46.5 Å². The molecule has 1 aromatic rings. The zero-order valence-electron chi connectivity index (χ0n) is 10.1. The van der Waals surface area contributed by atoms with Gasteiger partial charge < -0.3 is 9.84 Å². The van der Waals surface area contributed by atoms with Crippen molar-refractivity contribution >= 4 is 5.78 Å². The number of fused-ring (bicyclic) bond motifs is 1. The normalized spacial score (nSPS) is 19.5. The van der Waals surface area contributed by atoms with Gasteiger partial charge in [0.25, 0.3) is 0 Å². The molecule has 0 spiro atoms. The summed E-state index contributed by atoms with van der Waals surface area (Å²) >= 11 is 0. The van der Waals surface area contributed by atoms with Gasteiger partial charge in [-0.05, 0) is 31.4 Å². The van der Waals surface area contributed by atoms with Crippen molar-refractivity contribution in [1.29, 1.82) is 0 Å². The number of hydrogen-bond acceptors (Lipinski definition) is 3. The second-order valence-corrected chi connectivity index (χ2v) is 4.61. The Morgan fingerprint density at radius 3 is 2.94 bits per heavy atom. The van der Waals surface area contributed by atoms with Crippen LogP contribution in [-0.2, 0) is 11.2 Å². The number of Topliss-reactive ketones (excluding diaryl/α,β-unsaturated/α-hetero) is 1. The van der Waals surface area contributed by atoms with Crippen LogP contribution in [0.2, 0.25) is 0 Å². The second-order valence-electron chi connectivity index (χ2n) is 4.61. The number of aliphatic hydroxyl groups is 1. The number of para-hydroxylation sites is 1. The van der Waals surface area contributed by atoms with Crippen molar-refractivity contribution in [2.75, 3.05) is 6.61 Å². The molecule has 0 bridgehead atoms. The molecule has 92 valence electrons. The maximum absolute atomic E-state index is 11.4. The first kappa shape index (κ1) is 12.1. The Bertz CT molecular complexity index is 375. The summed E-state index contributed by atoms with van der Waals surface area (Å²) in [6, 6.07) is 7.98.